The van der Waals surface area contributed by atoms with Gasteiger partial charge in [0.25, 0.3) is 0 Å². The number of fused-ring (bicyclic) bond motifs is 1. The van der Waals surface area contributed by atoms with Crippen molar-refractivity contribution in [2.45, 2.75) is 46.0 Å². The summed E-state index contributed by atoms with van der Waals surface area (Å²) in [6.45, 7) is 4.89. The number of aryl methyl sites for hydroxylation is 1. The number of amides is 1. The predicted octanol–water partition coefficient (Wildman–Crippen LogP) is 5.05. The lowest BCUT2D eigenvalue weighted by Gasteiger charge is -2.13. The summed E-state index contributed by atoms with van der Waals surface area (Å²) in [6.07, 6.45) is 6.80. The summed E-state index contributed by atoms with van der Waals surface area (Å²) in [5.74, 6) is 0.296. The number of carbonyl (C=O) groups is 2. The molecule has 6 nitrogen and oxygen atoms in total. The van der Waals surface area contributed by atoms with Gasteiger partial charge in [0.1, 0.15) is 5.75 Å². The van der Waals surface area contributed by atoms with E-state index in [0.29, 0.717) is 24.2 Å². The zero-order valence-electron chi connectivity index (χ0n) is 20.9. The summed E-state index contributed by atoms with van der Waals surface area (Å²) < 4.78 is 12.5. The molecular formula is C28H36N2O4. The first-order valence-corrected chi connectivity index (χ1v) is 12.0. The second kappa shape index (κ2) is 11.7. The molecule has 182 valence electrons. The van der Waals surface area contributed by atoms with Crippen LogP contribution in [0.4, 0.5) is 0 Å². The van der Waals surface area contributed by atoms with Crippen LogP contribution in [0.2, 0.25) is 0 Å². The third kappa shape index (κ3) is 5.99. The highest BCUT2D eigenvalue weighted by Crippen LogP contribution is 2.29. The molecule has 3 aromatic rings. The second-order valence-electron chi connectivity index (χ2n) is 8.92. The number of benzene rings is 2. The normalized spacial score (nSPS) is 11.9. The minimum atomic E-state index is -0.386. The number of methoxy groups -OCH3 is 2. The van der Waals surface area contributed by atoms with Crippen LogP contribution in [-0.4, -0.2) is 37.2 Å². The van der Waals surface area contributed by atoms with Gasteiger partial charge >= 0.3 is 5.97 Å². The summed E-state index contributed by atoms with van der Waals surface area (Å²) in [5, 5.41) is 4.22. The fourth-order valence-corrected chi connectivity index (χ4v) is 4.34. The molecule has 1 unspecified atom stereocenters. The molecule has 0 aliphatic carbocycles. The number of carbonyl (C=O) groups excluding carboxylic acids is 2. The number of hydrogen-bond donors (Lipinski definition) is 1. The van der Waals surface area contributed by atoms with E-state index < -0.39 is 0 Å². The molecule has 0 saturated carbocycles. The van der Waals surface area contributed by atoms with E-state index in [2.05, 4.69) is 41.2 Å². The Hall–Kier alpha value is -3.28. The van der Waals surface area contributed by atoms with Crippen LogP contribution in [-0.2, 0) is 29.4 Å². The SMILES string of the molecule is CCCCCNC(=O)C(C)Cc1ccc2c(c1)c(Cc1ccc(C(=O)OC)cc1OC)cn2C. The van der Waals surface area contributed by atoms with Crippen molar-refractivity contribution in [1.82, 2.24) is 9.88 Å². The highest BCUT2D eigenvalue weighted by molar-refractivity contribution is 5.90. The maximum atomic E-state index is 12.5. The Kier molecular flexibility index (Phi) is 8.74. The van der Waals surface area contributed by atoms with Gasteiger partial charge in [-0.2, -0.15) is 0 Å². The summed E-state index contributed by atoms with van der Waals surface area (Å²) >= 11 is 0. The van der Waals surface area contributed by atoms with Crippen molar-refractivity contribution in [2.75, 3.05) is 20.8 Å². The molecule has 0 radical (unpaired) electrons. The summed E-state index contributed by atoms with van der Waals surface area (Å²) in [7, 11) is 5.01. The predicted molar refractivity (Wildman–Crippen MR) is 135 cm³/mol. The largest absolute Gasteiger partial charge is 0.496 e. The summed E-state index contributed by atoms with van der Waals surface area (Å²) in [6, 6.07) is 11.8. The molecule has 1 amide bonds. The van der Waals surface area contributed by atoms with Gasteiger partial charge in [0.05, 0.1) is 19.8 Å². The average Bonchev–Trinajstić information content (AvgIpc) is 3.15. The molecule has 1 heterocycles. The standard InChI is InChI=1S/C28H36N2O4/c1-6-7-8-13-29-27(31)19(2)14-20-9-12-25-24(15-20)23(18-30(25)3)16-21-10-11-22(28(32)34-5)17-26(21)33-4/h9-12,15,17-19H,6-8,13-14,16H2,1-5H3,(H,29,31). The monoisotopic (exact) mass is 464 g/mol. The van der Waals surface area contributed by atoms with Gasteiger partial charge in [-0.25, -0.2) is 4.79 Å². The molecule has 1 aromatic heterocycles. The fourth-order valence-electron chi connectivity index (χ4n) is 4.34. The summed E-state index contributed by atoms with van der Waals surface area (Å²) in [4.78, 5) is 24.4. The lowest BCUT2D eigenvalue weighted by Crippen LogP contribution is -2.31. The Balaban J connectivity index is 1.80. The van der Waals surface area contributed by atoms with E-state index in [1.807, 2.05) is 20.0 Å². The zero-order valence-corrected chi connectivity index (χ0v) is 20.9. The Bertz CT molecular complexity index is 1150. The van der Waals surface area contributed by atoms with E-state index in [-0.39, 0.29) is 17.8 Å². The number of nitrogens with one attached hydrogen (secondary N) is 1. The van der Waals surface area contributed by atoms with Gasteiger partial charge in [-0.05, 0) is 53.8 Å². The van der Waals surface area contributed by atoms with E-state index in [1.165, 1.54) is 12.7 Å². The average molecular weight is 465 g/mol. The van der Waals surface area contributed by atoms with E-state index >= 15 is 0 Å². The number of rotatable bonds is 11. The van der Waals surface area contributed by atoms with Crippen molar-refractivity contribution < 1.29 is 19.1 Å². The maximum Gasteiger partial charge on any atom is 0.337 e. The first-order valence-electron chi connectivity index (χ1n) is 12.0. The van der Waals surface area contributed by atoms with Crippen LogP contribution in [0.15, 0.2) is 42.6 Å². The van der Waals surface area contributed by atoms with E-state index in [0.717, 1.165) is 47.8 Å². The Labute approximate surface area is 202 Å². The number of unbranched alkanes of at least 4 members (excludes halogenated alkanes) is 2. The van der Waals surface area contributed by atoms with Crippen molar-refractivity contribution in [3.05, 3.63) is 64.8 Å². The number of hydrogen-bond acceptors (Lipinski definition) is 4. The van der Waals surface area contributed by atoms with Crippen molar-refractivity contribution in [3.8, 4) is 5.75 Å². The van der Waals surface area contributed by atoms with Gasteiger partial charge in [0.15, 0.2) is 0 Å². The molecule has 0 saturated heterocycles. The fraction of sp³-hybridized carbons (Fsp3) is 0.429. The topological polar surface area (TPSA) is 69.6 Å². The highest BCUT2D eigenvalue weighted by Gasteiger charge is 2.16. The molecule has 0 bridgehead atoms. The lowest BCUT2D eigenvalue weighted by atomic mass is 9.97. The van der Waals surface area contributed by atoms with Crippen molar-refractivity contribution in [1.29, 1.82) is 0 Å². The Morgan fingerprint density at radius 3 is 2.56 bits per heavy atom. The number of aromatic nitrogens is 1. The van der Waals surface area contributed by atoms with Crippen molar-refractivity contribution >= 4 is 22.8 Å². The molecule has 2 aromatic carbocycles. The third-order valence-corrected chi connectivity index (χ3v) is 6.29. The van der Waals surface area contributed by atoms with E-state index in [1.54, 1.807) is 19.2 Å². The smallest absolute Gasteiger partial charge is 0.337 e. The molecule has 3 rings (SSSR count). The third-order valence-electron chi connectivity index (χ3n) is 6.29. The Morgan fingerprint density at radius 1 is 1.06 bits per heavy atom. The van der Waals surface area contributed by atoms with Gasteiger partial charge in [-0.3, -0.25) is 4.79 Å². The quantitative estimate of drug-likeness (QED) is 0.318. The zero-order chi connectivity index (χ0) is 24.7. The maximum absolute atomic E-state index is 12.5. The van der Waals surface area contributed by atoms with E-state index in [4.69, 9.17) is 9.47 Å². The van der Waals surface area contributed by atoms with Crippen LogP contribution in [0.25, 0.3) is 10.9 Å². The molecular weight excluding hydrogens is 428 g/mol. The summed E-state index contributed by atoms with van der Waals surface area (Å²) in [5.41, 5.74) is 4.91. The van der Waals surface area contributed by atoms with Crippen LogP contribution in [0, 0.1) is 5.92 Å². The lowest BCUT2D eigenvalue weighted by molar-refractivity contribution is -0.124. The van der Waals surface area contributed by atoms with Crippen LogP contribution in [0.1, 0.15) is 60.2 Å². The van der Waals surface area contributed by atoms with Crippen LogP contribution in [0.5, 0.6) is 5.75 Å². The molecule has 0 aliphatic rings. The van der Waals surface area contributed by atoms with Gasteiger partial charge in [0, 0.05) is 43.0 Å². The van der Waals surface area contributed by atoms with Crippen molar-refractivity contribution in [2.24, 2.45) is 13.0 Å². The molecule has 0 fully saturated rings. The van der Waals surface area contributed by atoms with Gasteiger partial charge in [0.2, 0.25) is 5.91 Å². The molecule has 0 aliphatic heterocycles. The minimum Gasteiger partial charge on any atom is -0.496 e. The van der Waals surface area contributed by atoms with Crippen LogP contribution < -0.4 is 10.1 Å². The number of esters is 1. The Morgan fingerprint density at radius 2 is 1.85 bits per heavy atom. The van der Waals surface area contributed by atoms with Crippen LogP contribution in [0.3, 0.4) is 0 Å². The van der Waals surface area contributed by atoms with Gasteiger partial charge in [-0.15, -0.1) is 0 Å². The first kappa shape index (κ1) is 25.3. The second-order valence-corrected chi connectivity index (χ2v) is 8.92. The minimum absolute atomic E-state index is 0.0859. The van der Waals surface area contributed by atoms with E-state index in [9.17, 15) is 9.59 Å². The first-order chi connectivity index (χ1) is 16.4. The van der Waals surface area contributed by atoms with Gasteiger partial charge in [-0.1, -0.05) is 38.8 Å². The molecule has 1 N–H and O–H groups in total. The van der Waals surface area contributed by atoms with Crippen LogP contribution >= 0.6 is 0 Å². The van der Waals surface area contributed by atoms with Crippen molar-refractivity contribution in [3.63, 3.8) is 0 Å². The van der Waals surface area contributed by atoms with Gasteiger partial charge < -0.3 is 19.4 Å². The molecule has 0 spiro atoms. The molecule has 6 heteroatoms. The number of nitrogens with zero attached hydrogens (tertiary/aromatic N) is 1. The highest BCUT2D eigenvalue weighted by atomic mass is 16.5. The molecule has 34 heavy (non-hydrogen) atoms. The number of ether oxygens (including phenoxy) is 2. The molecule has 1 atom stereocenters.